The molecule has 0 saturated carbocycles. The van der Waals surface area contributed by atoms with Gasteiger partial charge in [0.25, 0.3) is 5.91 Å². The van der Waals surface area contributed by atoms with E-state index in [0.717, 1.165) is 29.5 Å². The minimum Gasteiger partial charge on any atom is -0.507 e. The van der Waals surface area contributed by atoms with Crippen molar-refractivity contribution in [1.29, 1.82) is 0 Å². The van der Waals surface area contributed by atoms with E-state index in [1.807, 2.05) is 19.9 Å². The predicted molar refractivity (Wildman–Crippen MR) is 122 cm³/mol. The molecule has 2 aromatic carbocycles. The van der Waals surface area contributed by atoms with Crippen LogP contribution in [-0.2, 0) is 4.74 Å². The average molecular weight is 450 g/mol. The smallest absolute Gasteiger partial charge is 0.273 e. The highest BCUT2D eigenvalue weighted by atomic mass is 16.5. The molecule has 2 aliphatic rings. The first-order valence-corrected chi connectivity index (χ1v) is 11.1. The quantitative estimate of drug-likeness (QED) is 0.546. The van der Waals surface area contributed by atoms with Gasteiger partial charge in [0.1, 0.15) is 17.1 Å². The number of ether oxygens (including phenoxy) is 2. The monoisotopic (exact) mass is 449 g/mol. The van der Waals surface area contributed by atoms with E-state index in [2.05, 4.69) is 10.2 Å². The molecule has 3 heterocycles. The third-order valence-electron chi connectivity index (χ3n) is 6.50. The summed E-state index contributed by atoms with van der Waals surface area (Å²) in [4.78, 5) is 15.3. The second-order valence-electron chi connectivity index (χ2n) is 8.76. The maximum absolute atomic E-state index is 13.5. The summed E-state index contributed by atoms with van der Waals surface area (Å²) in [5.41, 5.74) is 4.83. The Morgan fingerprint density at radius 1 is 1.21 bits per heavy atom. The van der Waals surface area contributed by atoms with Gasteiger partial charge in [-0.25, -0.2) is 0 Å². The van der Waals surface area contributed by atoms with Crippen LogP contribution in [0.4, 0.5) is 0 Å². The van der Waals surface area contributed by atoms with Gasteiger partial charge in [-0.2, -0.15) is 5.10 Å². The van der Waals surface area contributed by atoms with Crippen molar-refractivity contribution >= 4 is 5.91 Å². The van der Waals surface area contributed by atoms with E-state index in [-0.39, 0.29) is 23.5 Å². The Kier molecular flexibility index (Phi) is 5.25. The molecule has 0 bridgehead atoms. The minimum atomic E-state index is -0.472. The van der Waals surface area contributed by atoms with Crippen molar-refractivity contribution in [3.8, 4) is 28.5 Å². The van der Waals surface area contributed by atoms with Gasteiger partial charge in [-0.15, -0.1) is 0 Å². The molecule has 0 radical (unpaired) electrons. The van der Waals surface area contributed by atoms with Gasteiger partial charge >= 0.3 is 0 Å². The van der Waals surface area contributed by atoms with Crippen molar-refractivity contribution in [3.05, 3.63) is 58.3 Å². The third kappa shape index (κ3) is 3.51. The SMILES string of the molecule is COc1cc(C2c3c(-c4c(C)cc(C)cc4O)n[nH]c3C(=O)N2CC2CCCO2)ccc1O. The van der Waals surface area contributed by atoms with E-state index in [4.69, 9.17) is 9.47 Å². The van der Waals surface area contributed by atoms with Gasteiger partial charge < -0.3 is 24.6 Å². The molecule has 1 saturated heterocycles. The Labute approximate surface area is 191 Å². The zero-order valence-corrected chi connectivity index (χ0v) is 18.9. The zero-order valence-electron chi connectivity index (χ0n) is 18.9. The molecule has 1 fully saturated rings. The van der Waals surface area contributed by atoms with Crippen LogP contribution in [0.1, 0.15) is 51.6 Å². The van der Waals surface area contributed by atoms with Crippen LogP contribution in [0.15, 0.2) is 30.3 Å². The number of H-pyrrole nitrogens is 1. The Morgan fingerprint density at radius 3 is 2.73 bits per heavy atom. The third-order valence-corrected chi connectivity index (χ3v) is 6.50. The molecule has 172 valence electrons. The lowest BCUT2D eigenvalue weighted by atomic mass is 9.93. The Bertz CT molecular complexity index is 1210. The molecule has 8 nitrogen and oxygen atoms in total. The molecule has 0 spiro atoms. The van der Waals surface area contributed by atoms with Gasteiger partial charge in [0.15, 0.2) is 11.5 Å². The average Bonchev–Trinajstić information content (AvgIpc) is 3.49. The zero-order chi connectivity index (χ0) is 23.3. The number of amides is 1. The van der Waals surface area contributed by atoms with E-state index >= 15 is 0 Å². The van der Waals surface area contributed by atoms with Crippen LogP contribution in [0.2, 0.25) is 0 Å². The fraction of sp³-hybridized carbons (Fsp3) is 0.360. The summed E-state index contributed by atoms with van der Waals surface area (Å²) >= 11 is 0. The van der Waals surface area contributed by atoms with Crippen molar-refractivity contribution in [2.75, 3.05) is 20.3 Å². The van der Waals surface area contributed by atoms with Gasteiger partial charge in [-0.1, -0.05) is 12.1 Å². The van der Waals surface area contributed by atoms with E-state index in [1.165, 1.54) is 7.11 Å². The summed E-state index contributed by atoms with van der Waals surface area (Å²) < 4.78 is 11.2. The van der Waals surface area contributed by atoms with Gasteiger partial charge in [-0.05, 0) is 61.6 Å². The molecule has 3 aromatic rings. The summed E-state index contributed by atoms with van der Waals surface area (Å²) in [7, 11) is 1.49. The van der Waals surface area contributed by atoms with Crippen LogP contribution >= 0.6 is 0 Å². The number of methoxy groups -OCH3 is 1. The number of rotatable bonds is 5. The second-order valence-corrected chi connectivity index (χ2v) is 8.76. The van der Waals surface area contributed by atoms with E-state index in [1.54, 1.807) is 29.2 Å². The standard InChI is InChI=1S/C25H27N3O5/c1-13-9-14(2)20(18(30)10-13)22-21-23(27-26-22)25(31)28(12-16-5-4-8-33-16)24(21)15-6-7-17(29)19(11-15)32-3/h6-7,9-11,16,24,29-30H,4-5,8,12H2,1-3H3,(H,26,27). The van der Waals surface area contributed by atoms with Crippen molar-refractivity contribution in [2.24, 2.45) is 0 Å². The summed E-state index contributed by atoms with van der Waals surface area (Å²) in [6.07, 6.45) is 1.83. The Morgan fingerprint density at radius 2 is 2.03 bits per heavy atom. The van der Waals surface area contributed by atoms with Crippen LogP contribution in [0.5, 0.6) is 17.2 Å². The summed E-state index contributed by atoms with van der Waals surface area (Å²) in [5.74, 6) is 0.301. The number of carbonyl (C=O) groups excluding carboxylic acids is 1. The molecule has 33 heavy (non-hydrogen) atoms. The molecular formula is C25H27N3O5. The van der Waals surface area contributed by atoms with Crippen molar-refractivity contribution in [3.63, 3.8) is 0 Å². The van der Waals surface area contributed by atoms with Crippen molar-refractivity contribution < 1.29 is 24.5 Å². The second kappa shape index (κ2) is 8.12. The highest BCUT2D eigenvalue weighted by molar-refractivity contribution is 6.00. The molecular weight excluding hydrogens is 422 g/mol. The van der Waals surface area contributed by atoms with Crippen LogP contribution in [0, 0.1) is 13.8 Å². The minimum absolute atomic E-state index is 0.0240. The molecule has 5 rings (SSSR count). The van der Waals surface area contributed by atoms with Gasteiger partial charge in [0.05, 0.1) is 19.3 Å². The largest absolute Gasteiger partial charge is 0.507 e. The van der Waals surface area contributed by atoms with E-state index in [9.17, 15) is 15.0 Å². The maximum atomic E-state index is 13.5. The fourth-order valence-corrected chi connectivity index (χ4v) is 5.05. The number of phenolic OH excluding ortho intramolecular Hbond substituents is 2. The first-order chi connectivity index (χ1) is 15.9. The normalized spacial score (nSPS) is 19.8. The number of aromatic hydroxyl groups is 2. The highest BCUT2D eigenvalue weighted by Gasteiger charge is 2.44. The molecule has 8 heteroatoms. The lowest BCUT2D eigenvalue weighted by molar-refractivity contribution is 0.0495. The Hall–Kier alpha value is -3.52. The number of aromatic amines is 1. The lowest BCUT2D eigenvalue weighted by Gasteiger charge is -2.29. The maximum Gasteiger partial charge on any atom is 0.273 e. The number of nitrogens with one attached hydrogen (secondary N) is 1. The molecule has 0 aliphatic carbocycles. The molecule has 1 aromatic heterocycles. The molecule has 2 atom stereocenters. The van der Waals surface area contributed by atoms with Crippen LogP contribution < -0.4 is 4.74 Å². The number of hydrogen-bond donors (Lipinski definition) is 3. The molecule has 1 amide bonds. The number of aromatic nitrogens is 2. The number of carbonyl (C=O) groups is 1. The number of benzene rings is 2. The number of nitrogens with zero attached hydrogens (tertiary/aromatic N) is 2. The van der Waals surface area contributed by atoms with Gasteiger partial charge in [0, 0.05) is 24.3 Å². The van der Waals surface area contributed by atoms with Gasteiger partial charge in [0.2, 0.25) is 0 Å². The molecule has 2 aliphatic heterocycles. The van der Waals surface area contributed by atoms with Crippen LogP contribution in [-0.4, -0.2) is 57.6 Å². The van der Waals surface area contributed by atoms with Crippen LogP contribution in [0.25, 0.3) is 11.3 Å². The fourth-order valence-electron chi connectivity index (χ4n) is 5.05. The summed E-state index contributed by atoms with van der Waals surface area (Å²) in [6.45, 7) is 4.97. The number of phenols is 2. The van der Waals surface area contributed by atoms with E-state index in [0.29, 0.717) is 41.4 Å². The van der Waals surface area contributed by atoms with Gasteiger partial charge in [-0.3, -0.25) is 9.89 Å². The highest BCUT2D eigenvalue weighted by Crippen LogP contribution is 2.47. The first-order valence-electron chi connectivity index (χ1n) is 11.1. The number of hydrogen-bond acceptors (Lipinski definition) is 6. The predicted octanol–water partition coefficient (Wildman–Crippen LogP) is 3.84. The number of aryl methyl sites for hydroxylation is 2. The van der Waals surface area contributed by atoms with Crippen LogP contribution in [0.3, 0.4) is 0 Å². The van der Waals surface area contributed by atoms with E-state index < -0.39 is 6.04 Å². The van der Waals surface area contributed by atoms with Crippen molar-refractivity contribution in [2.45, 2.75) is 38.8 Å². The molecule has 3 N–H and O–H groups in total. The number of fused-ring (bicyclic) bond motifs is 1. The van der Waals surface area contributed by atoms with Crippen molar-refractivity contribution in [1.82, 2.24) is 15.1 Å². The summed E-state index contributed by atoms with van der Waals surface area (Å²) in [6, 6.07) is 8.30. The topological polar surface area (TPSA) is 108 Å². The molecule has 2 unspecified atom stereocenters. The first kappa shape index (κ1) is 21.3. The Balaban J connectivity index is 1.68. The lowest BCUT2D eigenvalue weighted by Crippen LogP contribution is -2.36. The summed E-state index contributed by atoms with van der Waals surface area (Å²) in [5, 5.41) is 28.3.